The molecular weight excluding hydrogens is 318 g/mol. The Labute approximate surface area is 145 Å². The zero-order valence-corrected chi connectivity index (χ0v) is 13.8. The van der Waals surface area contributed by atoms with E-state index in [9.17, 15) is 10.2 Å². The summed E-state index contributed by atoms with van der Waals surface area (Å²) in [6.45, 7) is 1.92. The van der Waals surface area contributed by atoms with E-state index in [1.807, 2.05) is 41.8 Å². The van der Waals surface area contributed by atoms with Crippen molar-refractivity contribution in [3.05, 3.63) is 65.7 Å². The molecule has 0 spiro atoms. The minimum Gasteiger partial charge on any atom is -0.508 e. The summed E-state index contributed by atoms with van der Waals surface area (Å²) >= 11 is 0. The van der Waals surface area contributed by atoms with Gasteiger partial charge >= 0.3 is 0 Å². The fraction of sp³-hybridized carbons (Fsp3) is 0.167. The van der Waals surface area contributed by atoms with Crippen LogP contribution in [0.25, 0.3) is 5.69 Å². The van der Waals surface area contributed by atoms with E-state index >= 15 is 0 Å². The maximum Gasteiger partial charge on any atom is 0.143 e. The van der Waals surface area contributed by atoms with Gasteiger partial charge in [0.2, 0.25) is 0 Å². The molecule has 1 heterocycles. The minimum atomic E-state index is -0.0790. The molecule has 1 aromatic heterocycles. The Hall–Kier alpha value is -3.35. The van der Waals surface area contributed by atoms with Crippen LogP contribution in [0.1, 0.15) is 23.9 Å². The van der Waals surface area contributed by atoms with E-state index in [2.05, 4.69) is 15.3 Å². The van der Waals surface area contributed by atoms with Gasteiger partial charge in [-0.1, -0.05) is 25.1 Å². The number of nitrogens with two attached hydrogens (primary N) is 1. The molecule has 25 heavy (non-hydrogen) atoms. The lowest BCUT2D eigenvalue weighted by molar-refractivity contribution is 0.445. The van der Waals surface area contributed by atoms with Gasteiger partial charge in [-0.05, 0) is 30.2 Å². The van der Waals surface area contributed by atoms with E-state index in [0.29, 0.717) is 29.1 Å². The van der Waals surface area contributed by atoms with Crippen LogP contribution in [0.5, 0.6) is 11.5 Å². The topological polar surface area (TPSA) is 110 Å². The maximum absolute atomic E-state index is 10.2. The molecular formula is C18H19N5O2. The van der Waals surface area contributed by atoms with Crippen LogP contribution < -0.4 is 5.84 Å². The van der Waals surface area contributed by atoms with Crippen LogP contribution in [0.4, 0.5) is 0 Å². The number of aromatic hydroxyl groups is 2. The molecule has 3 rings (SSSR count). The molecule has 3 aromatic rings. The van der Waals surface area contributed by atoms with Crippen LogP contribution in [-0.2, 0) is 12.8 Å². The molecule has 0 amide bonds. The van der Waals surface area contributed by atoms with E-state index in [0.717, 1.165) is 5.69 Å². The molecule has 0 aliphatic heterocycles. The van der Waals surface area contributed by atoms with Crippen molar-refractivity contribution in [2.24, 2.45) is 10.9 Å². The second kappa shape index (κ2) is 7.04. The second-order valence-electron chi connectivity index (χ2n) is 5.56. The minimum absolute atomic E-state index is 0.0487. The Morgan fingerprint density at radius 1 is 1.16 bits per heavy atom. The summed E-state index contributed by atoms with van der Waals surface area (Å²) in [6, 6.07) is 12.7. The van der Waals surface area contributed by atoms with E-state index in [-0.39, 0.29) is 17.9 Å². The number of rotatable bonds is 5. The van der Waals surface area contributed by atoms with Crippen LogP contribution in [0.2, 0.25) is 0 Å². The summed E-state index contributed by atoms with van der Waals surface area (Å²) in [5.41, 5.74) is 2.55. The van der Waals surface area contributed by atoms with Gasteiger partial charge in [0, 0.05) is 17.3 Å². The molecule has 0 atom stereocenters. The van der Waals surface area contributed by atoms with Gasteiger partial charge in [-0.15, -0.1) is 10.2 Å². The maximum atomic E-state index is 10.2. The summed E-state index contributed by atoms with van der Waals surface area (Å²) in [5.74, 6) is 6.17. The first-order valence-corrected chi connectivity index (χ1v) is 7.90. The first-order valence-electron chi connectivity index (χ1n) is 7.90. The van der Waals surface area contributed by atoms with Crippen molar-refractivity contribution in [3.63, 3.8) is 0 Å². The van der Waals surface area contributed by atoms with Gasteiger partial charge < -0.3 is 16.1 Å². The second-order valence-corrected chi connectivity index (χ2v) is 5.56. The SMILES string of the molecule is CCc1cc(C(Cc2nncn2-c2ccccc2)=NN)c(O)cc1O. The highest BCUT2D eigenvalue weighted by Crippen LogP contribution is 2.29. The highest BCUT2D eigenvalue weighted by Gasteiger charge is 2.17. The lowest BCUT2D eigenvalue weighted by Crippen LogP contribution is -2.13. The number of phenols is 2. The lowest BCUT2D eigenvalue weighted by atomic mass is 10.0. The molecule has 0 saturated carbocycles. The molecule has 4 N–H and O–H groups in total. The monoisotopic (exact) mass is 337 g/mol. The van der Waals surface area contributed by atoms with Gasteiger partial charge in [-0.2, -0.15) is 5.10 Å². The fourth-order valence-electron chi connectivity index (χ4n) is 2.68. The van der Waals surface area contributed by atoms with E-state index < -0.39 is 0 Å². The highest BCUT2D eigenvalue weighted by molar-refractivity contribution is 6.04. The normalized spacial score (nSPS) is 11.6. The Balaban J connectivity index is 1.97. The number of aromatic nitrogens is 3. The first kappa shape index (κ1) is 16.5. The smallest absolute Gasteiger partial charge is 0.143 e. The molecule has 0 fully saturated rings. The van der Waals surface area contributed by atoms with Crippen molar-refractivity contribution in [2.45, 2.75) is 19.8 Å². The fourth-order valence-corrected chi connectivity index (χ4v) is 2.68. The van der Waals surface area contributed by atoms with Gasteiger partial charge in [0.05, 0.1) is 12.1 Å². The zero-order chi connectivity index (χ0) is 17.8. The number of hydrogen-bond donors (Lipinski definition) is 3. The number of benzene rings is 2. The van der Waals surface area contributed by atoms with E-state index in [4.69, 9.17) is 5.84 Å². The predicted molar refractivity (Wildman–Crippen MR) is 94.9 cm³/mol. The number of hydrazone groups is 1. The Kier molecular flexibility index (Phi) is 4.65. The zero-order valence-electron chi connectivity index (χ0n) is 13.8. The molecule has 0 radical (unpaired) electrons. The third-order valence-electron chi connectivity index (χ3n) is 4.02. The van der Waals surface area contributed by atoms with Crippen molar-refractivity contribution in [1.29, 1.82) is 0 Å². The highest BCUT2D eigenvalue weighted by atomic mass is 16.3. The molecule has 0 unspecified atom stereocenters. The lowest BCUT2D eigenvalue weighted by Gasteiger charge is -2.12. The van der Waals surface area contributed by atoms with E-state index in [1.165, 1.54) is 6.07 Å². The van der Waals surface area contributed by atoms with Crippen LogP contribution in [0, 0.1) is 0 Å². The Bertz CT molecular complexity index is 903. The van der Waals surface area contributed by atoms with Gasteiger partial charge in [0.25, 0.3) is 0 Å². The van der Waals surface area contributed by atoms with Crippen LogP contribution in [-0.4, -0.2) is 30.7 Å². The number of nitrogens with zero attached hydrogens (tertiary/aromatic N) is 4. The van der Waals surface area contributed by atoms with Crippen LogP contribution in [0.3, 0.4) is 0 Å². The number of phenolic OH excluding ortho intramolecular Hbond substituents is 2. The largest absolute Gasteiger partial charge is 0.508 e. The molecule has 0 aliphatic rings. The third-order valence-corrected chi connectivity index (χ3v) is 4.02. The summed E-state index contributed by atoms with van der Waals surface area (Å²) in [6.07, 6.45) is 2.52. The van der Waals surface area contributed by atoms with Crippen molar-refractivity contribution in [3.8, 4) is 17.2 Å². The van der Waals surface area contributed by atoms with Crippen LogP contribution in [0.15, 0.2) is 53.9 Å². The molecule has 7 heteroatoms. The quantitative estimate of drug-likeness (QED) is 0.375. The standard InChI is InChI=1S/C18H19N5O2/c1-2-12-8-14(17(25)10-16(12)24)15(21-19)9-18-22-20-11-23(18)13-6-4-3-5-7-13/h3-8,10-11,24-25H,2,9,19H2,1H3. The van der Waals surface area contributed by atoms with Gasteiger partial charge in [0.15, 0.2) is 0 Å². The summed E-state index contributed by atoms with van der Waals surface area (Å²) in [5, 5.41) is 32.0. The van der Waals surface area contributed by atoms with Crippen LogP contribution >= 0.6 is 0 Å². The molecule has 0 aliphatic carbocycles. The molecule has 0 saturated heterocycles. The summed E-state index contributed by atoms with van der Waals surface area (Å²) in [7, 11) is 0. The average Bonchev–Trinajstić information content (AvgIpc) is 3.09. The molecule has 2 aromatic carbocycles. The number of para-hydroxylation sites is 1. The third kappa shape index (κ3) is 3.30. The molecule has 0 bridgehead atoms. The summed E-state index contributed by atoms with van der Waals surface area (Å²) < 4.78 is 1.84. The van der Waals surface area contributed by atoms with Crippen molar-refractivity contribution in [2.75, 3.05) is 0 Å². The average molecular weight is 337 g/mol. The van der Waals surface area contributed by atoms with Crippen molar-refractivity contribution < 1.29 is 10.2 Å². The van der Waals surface area contributed by atoms with Gasteiger partial charge in [-0.25, -0.2) is 0 Å². The van der Waals surface area contributed by atoms with E-state index in [1.54, 1.807) is 12.4 Å². The van der Waals surface area contributed by atoms with Gasteiger partial charge in [0.1, 0.15) is 23.7 Å². The Morgan fingerprint density at radius 3 is 2.60 bits per heavy atom. The predicted octanol–water partition coefficient (Wildman–Crippen LogP) is 2.15. The Morgan fingerprint density at radius 2 is 1.92 bits per heavy atom. The summed E-state index contributed by atoms with van der Waals surface area (Å²) in [4.78, 5) is 0. The molecule has 128 valence electrons. The van der Waals surface area contributed by atoms with Gasteiger partial charge in [-0.3, -0.25) is 4.57 Å². The number of hydrogen-bond acceptors (Lipinski definition) is 6. The number of aryl methyl sites for hydroxylation is 1. The van der Waals surface area contributed by atoms with Crippen molar-refractivity contribution >= 4 is 5.71 Å². The first-order chi connectivity index (χ1) is 12.1. The van der Waals surface area contributed by atoms with Crippen molar-refractivity contribution in [1.82, 2.24) is 14.8 Å². The molecule has 7 nitrogen and oxygen atoms in total.